The molecule has 1 aromatic heterocycles. The number of rotatable bonds is 3. The van der Waals surface area contributed by atoms with Gasteiger partial charge in [0.25, 0.3) is 0 Å². The summed E-state index contributed by atoms with van der Waals surface area (Å²) in [6.45, 7) is 4.64. The molecule has 1 aliphatic heterocycles. The second-order valence-electron chi connectivity index (χ2n) is 4.99. The number of nitrogens with two attached hydrogens (primary N) is 1. The lowest BCUT2D eigenvalue weighted by molar-refractivity contribution is -0.126. The summed E-state index contributed by atoms with van der Waals surface area (Å²) in [6.07, 6.45) is 0.970. The summed E-state index contributed by atoms with van der Waals surface area (Å²) in [5, 5.41) is 2.73. The van der Waals surface area contributed by atoms with Crippen LogP contribution in [0.25, 0.3) is 0 Å². The summed E-state index contributed by atoms with van der Waals surface area (Å²) in [5.74, 6) is 0.0351. The first-order valence-electron chi connectivity index (χ1n) is 6.45. The molecule has 1 fully saturated rings. The van der Waals surface area contributed by atoms with Gasteiger partial charge in [0.05, 0.1) is 4.99 Å². The van der Waals surface area contributed by atoms with Gasteiger partial charge in [-0.2, -0.15) is 0 Å². The molecule has 6 nitrogen and oxygen atoms in total. The van der Waals surface area contributed by atoms with Crippen LogP contribution >= 0.6 is 12.2 Å². The van der Waals surface area contributed by atoms with Crippen LogP contribution in [0.5, 0.6) is 0 Å². The summed E-state index contributed by atoms with van der Waals surface area (Å²) < 4.78 is 5.29. The first-order chi connectivity index (χ1) is 9.44. The number of amides is 1. The molecule has 2 rings (SSSR count). The molecule has 1 amide bonds. The van der Waals surface area contributed by atoms with Gasteiger partial charge in [-0.1, -0.05) is 12.2 Å². The Kier molecular flexibility index (Phi) is 4.29. The van der Waals surface area contributed by atoms with Gasteiger partial charge in [0.15, 0.2) is 0 Å². The minimum Gasteiger partial charge on any atom is -0.392 e. The molecule has 1 aromatic rings. The molecule has 0 aromatic carbocycles. The molecule has 0 aliphatic carbocycles. The Morgan fingerprint density at radius 3 is 2.40 bits per heavy atom. The third-order valence-electron chi connectivity index (χ3n) is 3.46. The average Bonchev–Trinajstić information content (AvgIpc) is 2.38. The second-order valence-corrected chi connectivity index (χ2v) is 5.43. The molecule has 108 valence electrons. The highest BCUT2D eigenvalue weighted by Crippen LogP contribution is 2.32. The molecule has 0 saturated carbocycles. The Labute approximate surface area is 123 Å². The highest BCUT2D eigenvalue weighted by Gasteiger charge is 2.43. The summed E-state index contributed by atoms with van der Waals surface area (Å²) in [7, 11) is 0. The van der Waals surface area contributed by atoms with Crippen molar-refractivity contribution in [3.05, 3.63) is 17.5 Å². The number of aryl methyl sites for hydroxylation is 2. The normalized spacial score (nSPS) is 17.5. The Morgan fingerprint density at radius 2 is 1.90 bits per heavy atom. The van der Waals surface area contributed by atoms with E-state index in [9.17, 15) is 4.79 Å². The molecule has 1 saturated heterocycles. The number of anilines is 1. The largest absolute Gasteiger partial charge is 0.392 e. The summed E-state index contributed by atoms with van der Waals surface area (Å²) in [5.41, 5.74) is 6.52. The number of hydrogen-bond acceptors (Lipinski definition) is 5. The Hall–Kier alpha value is -1.60. The first-order valence-corrected chi connectivity index (χ1v) is 6.86. The van der Waals surface area contributed by atoms with Crippen molar-refractivity contribution < 1.29 is 9.53 Å². The monoisotopic (exact) mass is 294 g/mol. The smallest absolute Gasteiger partial charge is 0.239 e. The van der Waals surface area contributed by atoms with Gasteiger partial charge in [0, 0.05) is 24.6 Å². The van der Waals surface area contributed by atoms with Crippen LogP contribution in [0.15, 0.2) is 6.07 Å². The standard InChI is InChI=1S/C13H18N4O2S/c1-8-7-9(2)16-12(15-8)17-11(18)13(10(14)20)3-5-19-6-4-13/h7H,3-6H2,1-2H3,(H2,14,20)(H,15,16,17,18). The van der Waals surface area contributed by atoms with Crippen LogP contribution < -0.4 is 11.1 Å². The molecule has 20 heavy (non-hydrogen) atoms. The third-order valence-corrected chi connectivity index (χ3v) is 3.85. The molecule has 3 N–H and O–H groups in total. The third kappa shape index (κ3) is 2.94. The zero-order valence-corrected chi connectivity index (χ0v) is 12.4. The molecule has 2 heterocycles. The molecule has 1 aliphatic rings. The van der Waals surface area contributed by atoms with E-state index in [0.29, 0.717) is 26.1 Å². The lowest BCUT2D eigenvalue weighted by Gasteiger charge is -2.34. The number of nitrogens with one attached hydrogen (secondary N) is 1. The van der Waals surface area contributed by atoms with E-state index < -0.39 is 5.41 Å². The number of carbonyl (C=O) groups excluding carboxylic acids is 1. The lowest BCUT2D eigenvalue weighted by Crippen LogP contribution is -2.49. The van der Waals surface area contributed by atoms with Crippen LogP contribution in [-0.4, -0.2) is 34.1 Å². The van der Waals surface area contributed by atoms with E-state index in [2.05, 4.69) is 15.3 Å². The summed E-state index contributed by atoms with van der Waals surface area (Å²) >= 11 is 5.09. The van der Waals surface area contributed by atoms with E-state index in [1.165, 1.54) is 0 Å². The minimum atomic E-state index is -0.866. The van der Waals surface area contributed by atoms with E-state index in [0.717, 1.165) is 11.4 Å². The fourth-order valence-corrected chi connectivity index (χ4v) is 2.61. The SMILES string of the molecule is Cc1cc(C)nc(NC(=O)C2(C(N)=S)CCOCC2)n1. The fraction of sp³-hybridized carbons (Fsp3) is 0.538. The maximum absolute atomic E-state index is 12.5. The van der Waals surface area contributed by atoms with E-state index in [4.69, 9.17) is 22.7 Å². The highest BCUT2D eigenvalue weighted by molar-refractivity contribution is 7.80. The molecule has 0 spiro atoms. The predicted octanol–water partition coefficient (Wildman–Crippen LogP) is 1.11. The van der Waals surface area contributed by atoms with Gasteiger partial charge in [-0.3, -0.25) is 10.1 Å². The topological polar surface area (TPSA) is 90.1 Å². The maximum Gasteiger partial charge on any atom is 0.239 e. The number of ether oxygens (including phenoxy) is 1. The van der Waals surface area contributed by atoms with E-state index in [-0.39, 0.29) is 16.8 Å². The minimum absolute atomic E-state index is 0.197. The van der Waals surface area contributed by atoms with Gasteiger partial charge in [-0.05, 0) is 32.8 Å². The van der Waals surface area contributed by atoms with Crippen molar-refractivity contribution in [1.29, 1.82) is 0 Å². The number of thiocarbonyl (C=S) groups is 1. The summed E-state index contributed by atoms with van der Waals surface area (Å²) in [4.78, 5) is 21.1. The molecule has 0 bridgehead atoms. The van der Waals surface area contributed by atoms with Crippen molar-refractivity contribution in [2.75, 3.05) is 18.5 Å². The number of aromatic nitrogens is 2. The number of carbonyl (C=O) groups is 1. The van der Waals surface area contributed by atoms with Gasteiger partial charge in [0.2, 0.25) is 11.9 Å². The van der Waals surface area contributed by atoms with Crippen LogP contribution in [0, 0.1) is 19.3 Å². The van der Waals surface area contributed by atoms with E-state index in [1.807, 2.05) is 19.9 Å². The molecule has 0 radical (unpaired) electrons. The molecule has 7 heteroatoms. The van der Waals surface area contributed by atoms with Gasteiger partial charge >= 0.3 is 0 Å². The first kappa shape index (κ1) is 14.8. The Morgan fingerprint density at radius 1 is 1.35 bits per heavy atom. The van der Waals surface area contributed by atoms with Gasteiger partial charge in [-0.25, -0.2) is 9.97 Å². The van der Waals surface area contributed by atoms with Crippen LogP contribution in [0.1, 0.15) is 24.2 Å². The van der Waals surface area contributed by atoms with Gasteiger partial charge < -0.3 is 10.5 Å². The van der Waals surface area contributed by atoms with E-state index >= 15 is 0 Å². The van der Waals surface area contributed by atoms with Crippen LogP contribution in [-0.2, 0) is 9.53 Å². The molecular formula is C13H18N4O2S. The average molecular weight is 294 g/mol. The lowest BCUT2D eigenvalue weighted by atomic mass is 9.79. The van der Waals surface area contributed by atoms with Gasteiger partial charge in [-0.15, -0.1) is 0 Å². The van der Waals surface area contributed by atoms with Crippen molar-refractivity contribution >= 4 is 29.1 Å². The predicted molar refractivity (Wildman–Crippen MR) is 79.4 cm³/mol. The van der Waals surface area contributed by atoms with Crippen LogP contribution in [0.3, 0.4) is 0 Å². The van der Waals surface area contributed by atoms with Gasteiger partial charge in [0.1, 0.15) is 5.41 Å². The molecule has 0 atom stereocenters. The molecular weight excluding hydrogens is 276 g/mol. The second kappa shape index (κ2) is 5.80. The van der Waals surface area contributed by atoms with E-state index in [1.54, 1.807) is 0 Å². The Bertz CT molecular complexity index is 521. The zero-order valence-electron chi connectivity index (χ0n) is 11.6. The van der Waals surface area contributed by atoms with Crippen molar-refractivity contribution in [3.63, 3.8) is 0 Å². The fourth-order valence-electron chi connectivity index (χ4n) is 2.31. The van der Waals surface area contributed by atoms with Crippen molar-refractivity contribution in [2.24, 2.45) is 11.1 Å². The number of nitrogens with zero attached hydrogens (tertiary/aromatic N) is 2. The summed E-state index contributed by atoms with van der Waals surface area (Å²) in [6, 6.07) is 1.84. The number of hydrogen-bond donors (Lipinski definition) is 2. The maximum atomic E-state index is 12.5. The van der Waals surface area contributed by atoms with Crippen molar-refractivity contribution in [3.8, 4) is 0 Å². The van der Waals surface area contributed by atoms with Crippen LogP contribution in [0.2, 0.25) is 0 Å². The van der Waals surface area contributed by atoms with Crippen LogP contribution in [0.4, 0.5) is 5.95 Å². The molecule has 0 unspecified atom stereocenters. The quantitative estimate of drug-likeness (QED) is 0.812. The zero-order chi connectivity index (χ0) is 14.8. The van der Waals surface area contributed by atoms with Crippen molar-refractivity contribution in [1.82, 2.24) is 9.97 Å². The van der Waals surface area contributed by atoms with Crippen molar-refractivity contribution in [2.45, 2.75) is 26.7 Å². The highest BCUT2D eigenvalue weighted by atomic mass is 32.1. The Balaban J connectivity index is 2.22.